The van der Waals surface area contributed by atoms with Crippen LogP contribution < -0.4 is 15.2 Å². The lowest BCUT2D eigenvalue weighted by molar-refractivity contribution is 0.389. The van der Waals surface area contributed by atoms with Crippen molar-refractivity contribution in [3.63, 3.8) is 0 Å². The van der Waals surface area contributed by atoms with Gasteiger partial charge in [0.1, 0.15) is 17.4 Å². The van der Waals surface area contributed by atoms with Crippen molar-refractivity contribution in [3.05, 3.63) is 71.3 Å². The number of nitrogens with two attached hydrogens (primary N) is 1. The molecule has 0 amide bonds. The van der Waals surface area contributed by atoms with Crippen LogP contribution in [0.5, 0.6) is 11.5 Å². The quantitative estimate of drug-likeness (QED) is 0.780. The zero-order valence-corrected chi connectivity index (χ0v) is 12.9. The number of nitriles is 1. The van der Waals surface area contributed by atoms with Crippen LogP contribution in [0.2, 0.25) is 0 Å². The van der Waals surface area contributed by atoms with Gasteiger partial charge in [-0.25, -0.2) is 0 Å². The molecule has 1 aliphatic heterocycles. The molecule has 2 N–H and O–H groups in total. The Morgan fingerprint density at radius 2 is 2.08 bits per heavy atom. The predicted molar refractivity (Wildman–Crippen MR) is 88.5 cm³/mol. The van der Waals surface area contributed by atoms with E-state index in [1.807, 2.05) is 42.5 Å². The monoisotopic (exact) mass is 318 g/mol. The summed E-state index contributed by atoms with van der Waals surface area (Å²) in [5, 5.41) is 10.5. The number of furan rings is 1. The molecule has 24 heavy (non-hydrogen) atoms. The first-order valence-electron chi connectivity index (χ1n) is 7.44. The number of benzene rings is 2. The number of methoxy groups -OCH3 is 1. The maximum atomic E-state index is 9.60. The topological polar surface area (TPSA) is 81.4 Å². The fourth-order valence-corrected chi connectivity index (χ4v) is 3.10. The highest BCUT2D eigenvalue weighted by atomic mass is 16.5. The van der Waals surface area contributed by atoms with Crippen molar-refractivity contribution in [1.82, 2.24) is 0 Å². The lowest BCUT2D eigenvalue weighted by atomic mass is 9.83. The minimum atomic E-state index is -0.330. The van der Waals surface area contributed by atoms with Crippen molar-refractivity contribution in [1.29, 1.82) is 5.26 Å². The average molecular weight is 318 g/mol. The van der Waals surface area contributed by atoms with E-state index in [0.29, 0.717) is 16.9 Å². The number of ether oxygens (including phenoxy) is 2. The first-order valence-corrected chi connectivity index (χ1v) is 7.44. The van der Waals surface area contributed by atoms with Crippen molar-refractivity contribution in [3.8, 4) is 17.6 Å². The molecule has 0 aliphatic carbocycles. The number of rotatable bonds is 2. The molecule has 0 spiro atoms. The Balaban J connectivity index is 1.99. The third-order valence-electron chi connectivity index (χ3n) is 4.23. The Morgan fingerprint density at radius 3 is 2.88 bits per heavy atom. The normalized spacial score (nSPS) is 16.4. The lowest BCUT2D eigenvalue weighted by Gasteiger charge is -2.26. The summed E-state index contributed by atoms with van der Waals surface area (Å²) in [6, 6.07) is 15.5. The molecule has 0 saturated carbocycles. The van der Waals surface area contributed by atoms with Crippen molar-refractivity contribution in [2.45, 2.75) is 5.92 Å². The van der Waals surface area contributed by atoms with Gasteiger partial charge in [0.05, 0.1) is 19.3 Å². The summed E-state index contributed by atoms with van der Waals surface area (Å²) < 4.78 is 16.6. The zero-order valence-electron chi connectivity index (χ0n) is 12.9. The number of allylic oxidation sites excluding steroid dienone is 1. The standard InChI is InChI=1S/C19H14N2O3/c1-22-13-4-2-3-12(9-13)16-14-6-5-11-7-8-23-17(11)18(14)24-19(21)15(16)10-20/h2-9,16H,21H2,1H3. The van der Waals surface area contributed by atoms with Gasteiger partial charge in [-0.05, 0) is 23.8 Å². The molecule has 1 atom stereocenters. The molecule has 1 aromatic heterocycles. The smallest absolute Gasteiger partial charge is 0.205 e. The summed E-state index contributed by atoms with van der Waals surface area (Å²) in [7, 11) is 1.61. The van der Waals surface area contributed by atoms with E-state index in [0.717, 1.165) is 22.3 Å². The molecule has 2 aromatic carbocycles. The molecule has 5 nitrogen and oxygen atoms in total. The van der Waals surface area contributed by atoms with Crippen LogP contribution >= 0.6 is 0 Å². The maximum Gasteiger partial charge on any atom is 0.205 e. The molecule has 118 valence electrons. The molecular formula is C19H14N2O3. The number of hydrogen-bond acceptors (Lipinski definition) is 5. The fourth-order valence-electron chi connectivity index (χ4n) is 3.10. The van der Waals surface area contributed by atoms with Crippen LogP contribution in [0.25, 0.3) is 11.0 Å². The third-order valence-corrected chi connectivity index (χ3v) is 4.23. The second-order valence-corrected chi connectivity index (χ2v) is 5.52. The van der Waals surface area contributed by atoms with Gasteiger partial charge in [0.25, 0.3) is 0 Å². The Kier molecular flexibility index (Phi) is 3.17. The van der Waals surface area contributed by atoms with E-state index < -0.39 is 0 Å². The molecule has 0 saturated heterocycles. The fraction of sp³-hybridized carbons (Fsp3) is 0.105. The molecule has 0 radical (unpaired) electrons. The minimum Gasteiger partial charge on any atom is -0.497 e. The Hall–Kier alpha value is -3.39. The van der Waals surface area contributed by atoms with E-state index in [1.165, 1.54) is 0 Å². The Morgan fingerprint density at radius 1 is 1.21 bits per heavy atom. The van der Waals surface area contributed by atoms with Crippen LogP contribution in [-0.4, -0.2) is 7.11 Å². The van der Waals surface area contributed by atoms with Crippen molar-refractivity contribution < 1.29 is 13.9 Å². The van der Waals surface area contributed by atoms with Crippen LogP contribution in [0.3, 0.4) is 0 Å². The van der Waals surface area contributed by atoms with Crippen LogP contribution in [0.15, 0.2) is 64.6 Å². The van der Waals surface area contributed by atoms with E-state index in [2.05, 4.69) is 6.07 Å². The van der Waals surface area contributed by atoms with Crippen LogP contribution in [-0.2, 0) is 0 Å². The first-order chi connectivity index (χ1) is 11.7. The zero-order chi connectivity index (χ0) is 16.7. The van der Waals surface area contributed by atoms with Gasteiger partial charge in [0, 0.05) is 10.9 Å². The molecule has 0 bridgehead atoms. The highest BCUT2D eigenvalue weighted by molar-refractivity contribution is 5.86. The lowest BCUT2D eigenvalue weighted by Crippen LogP contribution is -2.21. The number of nitrogens with zero attached hydrogens (tertiary/aromatic N) is 1. The van der Waals surface area contributed by atoms with Crippen molar-refractivity contribution >= 4 is 11.0 Å². The van der Waals surface area contributed by atoms with Gasteiger partial charge in [0.15, 0.2) is 11.3 Å². The van der Waals surface area contributed by atoms with Gasteiger partial charge in [-0.1, -0.05) is 24.3 Å². The Bertz CT molecular complexity index is 1010. The van der Waals surface area contributed by atoms with Crippen LogP contribution in [0.1, 0.15) is 17.0 Å². The van der Waals surface area contributed by atoms with Gasteiger partial charge >= 0.3 is 0 Å². The summed E-state index contributed by atoms with van der Waals surface area (Å²) in [4.78, 5) is 0. The summed E-state index contributed by atoms with van der Waals surface area (Å²) in [5.74, 6) is 1.04. The van der Waals surface area contributed by atoms with E-state index in [4.69, 9.17) is 19.6 Å². The summed E-state index contributed by atoms with van der Waals surface area (Å²) in [6.45, 7) is 0. The Labute approximate surface area is 138 Å². The SMILES string of the molecule is COc1cccc(C2C(C#N)=C(N)Oc3c2ccc2ccoc32)c1. The summed E-state index contributed by atoms with van der Waals surface area (Å²) >= 11 is 0. The average Bonchev–Trinajstić information content (AvgIpc) is 3.09. The summed E-state index contributed by atoms with van der Waals surface area (Å²) in [6.07, 6.45) is 1.61. The summed E-state index contributed by atoms with van der Waals surface area (Å²) in [5.41, 5.74) is 8.78. The minimum absolute atomic E-state index is 0.0988. The molecule has 5 heteroatoms. The number of hydrogen-bond donors (Lipinski definition) is 1. The second-order valence-electron chi connectivity index (χ2n) is 5.52. The third kappa shape index (κ3) is 2.01. The largest absolute Gasteiger partial charge is 0.497 e. The highest BCUT2D eigenvalue weighted by Gasteiger charge is 2.32. The molecule has 1 aliphatic rings. The van der Waals surface area contributed by atoms with Crippen LogP contribution in [0.4, 0.5) is 0 Å². The predicted octanol–water partition coefficient (Wildman–Crippen LogP) is 3.66. The molecular weight excluding hydrogens is 304 g/mol. The van der Waals surface area contributed by atoms with Gasteiger partial charge in [-0.3, -0.25) is 0 Å². The number of fused-ring (bicyclic) bond motifs is 3. The molecule has 2 heterocycles. The molecule has 4 rings (SSSR count). The van der Waals surface area contributed by atoms with Gasteiger partial charge in [-0.15, -0.1) is 0 Å². The van der Waals surface area contributed by atoms with E-state index in [-0.39, 0.29) is 11.8 Å². The molecule has 3 aromatic rings. The van der Waals surface area contributed by atoms with Gasteiger partial charge in [0.2, 0.25) is 5.88 Å². The molecule has 1 unspecified atom stereocenters. The second kappa shape index (κ2) is 5.36. The highest BCUT2D eigenvalue weighted by Crippen LogP contribution is 2.45. The first kappa shape index (κ1) is 14.2. The van der Waals surface area contributed by atoms with Crippen molar-refractivity contribution in [2.24, 2.45) is 5.73 Å². The molecule has 0 fully saturated rings. The van der Waals surface area contributed by atoms with Gasteiger partial charge < -0.3 is 19.6 Å². The van der Waals surface area contributed by atoms with Gasteiger partial charge in [-0.2, -0.15) is 5.26 Å². The van der Waals surface area contributed by atoms with E-state index in [9.17, 15) is 5.26 Å². The van der Waals surface area contributed by atoms with Crippen LogP contribution in [0, 0.1) is 11.3 Å². The van der Waals surface area contributed by atoms with E-state index >= 15 is 0 Å². The maximum absolute atomic E-state index is 9.60. The van der Waals surface area contributed by atoms with Crippen molar-refractivity contribution in [2.75, 3.05) is 7.11 Å². The van der Waals surface area contributed by atoms with E-state index in [1.54, 1.807) is 13.4 Å².